The van der Waals surface area contributed by atoms with Crippen molar-refractivity contribution in [2.45, 2.75) is 26.3 Å². The summed E-state index contributed by atoms with van der Waals surface area (Å²) >= 11 is 0. The fraction of sp³-hybridized carbons (Fsp3) is 0.500. The van der Waals surface area contributed by atoms with Crippen LogP contribution in [0.4, 0.5) is 5.69 Å². The van der Waals surface area contributed by atoms with Gasteiger partial charge in [0, 0.05) is 19.3 Å². The SMILES string of the molecule is CCCNC(=O)C[NH+](C)[C@@H](C)C(=O)N(C)c1ccccc1. The maximum absolute atomic E-state index is 12.5. The van der Waals surface area contributed by atoms with Crippen molar-refractivity contribution < 1.29 is 14.5 Å². The lowest BCUT2D eigenvalue weighted by atomic mass is 10.2. The molecular formula is C16H26N3O2+. The van der Waals surface area contributed by atoms with Crippen molar-refractivity contribution in [2.24, 2.45) is 0 Å². The summed E-state index contributed by atoms with van der Waals surface area (Å²) in [5, 5.41) is 2.83. The molecule has 0 saturated carbocycles. The van der Waals surface area contributed by atoms with Gasteiger partial charge in [0.1, 0.15) is 0 Å². The summed E-state index contributed by atoms with van der Waals surface area (Å²) in [6, 6.07) is 9.24. The van der Waals surface area contributed by atoms with Gasteiger partial charge in [-0.3, -0.25) is 9.59 Å². The normalized spacial score (nSPS) is 13.3. The minimum absolute atomic E-state index is 0.00184. The first kappa shape index (κ1) is 17.2. The molecule has 0 aliphatic heterocycles. The minimum atomic E-state index is -0.275. The second-order valence-electron chi connectivity index (χ2n) is 5.33. The Morgan fingerprint density at radius 3 is 2.48 bits per heavy atom. The number of anilines is 1. The number of rotatable bonds is 7. The van der Waals surface area contributed by atoms with Crippen LogP contribution in [0, 0.1) is 0 Å². The summed E-state index contributed by atoms with van der Waals surface area (Å²) in [6.07, 6.45) is 0.913. The van der Waals surface area contributed by atoms with E-state index in [1.54, 1.807) is 11.9 Å². The van der Waals surface area contributed by atoms with Crippen LogP contribution in [-0.2, 0) is 9.59 Å². The van der Waals surface area contributed by atoms with E-state index in [0.717, 1.165) is 17.0 Å². The molecule has 0 radical (unpaired) electrons. The number of benzene rings is 1. The molecule has 0 saturated heterocycles. The van der Waals surface area contributed by atoms with Gasteiger partial charge in [-0.1, -0.05) is 25.1 Å². The quantitative estimate of drug-likeness (QED) is 0.748. The molecule has 0 bridgehead atoms. The molecule has 5 nitrogen and oxygen atoms in total. The van der Waals surface area contributed by atoms with Crippen LogP contribution in [0.3, 0.4) is 0 Å². The maximum Gasteiger partial charge on any atom is 0.284 e. The van der Waals surface area contributed by atoms with E-state index in [2.05, 4.69) is 5.32 Å². The predicted octanol–water partition coefficient (Wildman–Crippen LogP) is 0.0788. The molecule has 1 aromatic carbocycles. The molecule has 0 heterocycles. The van der Waals surface area contributed by atoms with Crippen molar-refractivity contribution in [2.75, 3.05) is 32.1 Å². The highest BCUT2D eigenvalue weighted by Crippen LogP contribution is 2.11. The number of hydrogen-bond donors (Lipinski definition) is 2. The third-order valence-electron chi connectivity index (χ3n) is 3.60. The number of hydrogen-bond acceptors (Lipinski definition) is 2. The van der Waals surface area contributed by atoms with E-state index in [4.69, 9.17) is 0 Å². The topological polar surface area (TPSA) is 53.9 Å². The Bertz CT molecular complexity index is 462. The van der Waals surface area contributed by atoms with E-state index >= 15 is 0 Å². The fourth-order valence-corrected chi connectivity index (χ4v) is 2.01. The van der Waals surface area contributed by atoms with Gasteiger partial charge in [0.05, 0.1) is 7.05 Å². The molecule has 0 spiro atoms. The Kier molecular flexibility index (Phi) is 6.88. The molecular weight excluding hydrogens is 266 g/mol. The third-order valence-corrected chi connectivity index (χ3v) is 3.60. The standard InChI is InChI=1S/C16H25N3O2/c1-5-11-17-15(20)12-18(3)13(2)16(21)19(4)14-9-7-6-8-10-14/h6-10,13H,5,11-12H2,1-4H3,(H,17,20)/p+1/t13-/m0/s1. The van der Waals surface area contributed by atoms with E-state index in [9.17, 15) is 9.59 Å². The zero-order valence-electron chi connectivity index (χ0n) is 13.3. The van der Waals surface area contributed by atoms with Crippen LogP contribution in [0.15, 0.2) is 30.3 Å². The second kappa shape index (κ2) is 8.42. The molecule has 0 aliphatic carbocycles. The lowest BCUT2D eigenvalue weighted by Gasteiger charge is -2.25. The van der Waals surface area contributed by atoms with Gasteiger partial charge in [-0.15, -0.1) is 0 Å². The molecule has 0 fully saturated rings. The number of amides is 2. The Hall–Kier alpha value is -1.88. The number of nitrogens with one attached hydrogen (secondary N) is 2. The number of carbonyl (C=O) groups is 2. The first-order chi connectivity index (χ1) is 9.97. The first-order valence-corrected chi connectivity index (χ1v) is 7.39. The molecule has 1 aromatic rings. The molecule has 116 valence electrons. The average Bonchev–Trinajstić information content (AvgIpc) is 2.51. The Morgan fingerprint density at radius 1 is 1.29 bits per heavy atom. The van der Waals surface area contributed by atoms with Gasteiger partial charge in [-0.2, -0.15) is 0 Å². The van der Waals surface area contributed by atoms with E-state index < -0.39 is 0 Å². The van der Waals surface area contributed by atoms with Crippen molar-refractivity contribution in [3.63, 3.8) is 0 Å². The van der Waals surface area contributed by atoms with Crippen LogP contribution in [0.25, 0.3) is 0 Å². The van der Waals surface area contributed by atoms with Crippen LogP contribution >= 0.6 is 0 Å². The second-order valence-corrected chi connectivity index (χ2v) is 5.33. The summed E-state index contributed by atoms with van der Waals surface area (Å²) < 4.78 is 0. The zero-order valence-corrected chi connectivity index (χ0v) is 13.3. The largest absolute Gasteiger partial charge is 0.351 e. The van der Waals surface area contributed by atoms with E-state index in [-0.39, 0.29) is 17.9 Å². The number of carbonyl (C=O) groups excluding carboxylic acids is 2. The lowest BCUT2D eigenvalue weighted by Crippen LogP contribution is -3.15. The van der Waals surface area contributed by atoms with Crippen LogP contribution in [0.5, 0.6) is 0 Å². The van der Waals surface area contributed by atoms with Crippen LogP contribution in [0.2, 0.25) is 0 Å². The molecule has 0 aromatic heterocycles. The molecule has 1 rings (SSSR count). The fourth-order valence-electron chi connectivity index (χ4n) is 2.01. The Labute approximate surface area is 126 Å². The summed E-state index contributed by atoms with van der Waals surface area (Å²) in [7, 11) is 3.63. The van der Waals surface area contributed by atoms with Gasteiger partial charge in [0.15, 0.2) is 12.6 Å². The van der Waals surface area contributed by atoms with Gasteiger partial charge >= 0.3 is 0 Å². The summed E-state index contributed by atoms with van der Waals surface area (Å²) in [5.74, 6) is -0.0154. The molecule has 2 amide bonds. The molecule has 21 heavy (non-hydrogen) atoms. The highest BCUT2D eigenvalue weighted by atomic mass is 16.2. The van der Waals surface area contributed by atoms with Gasteiger partial charge in [0.2, 0.25) is 0 Å². The monoisotopic (exact) mass is 292 g/mol. The maximum atomic E-state index is 12.5. The summed E-state index contributed by atoms with van der Waals surface area (Å²) in [5.41, 5.74) is 0.859. The van der Waals surface area contributed by atoms with Crippen molar-refractivity contribution in [1.29, 1.82) is 0 Å². The van der Waals surface area contributed by atoms with E-state index in [0.29, 0.717) is 13.1 Å². The van der Waals surface area contributed by atoms with E-state index in [1.807, 2.05) is 51.2 Å². The minimum Gasteiger partial charge on any atom is -0.351 e. The van der Waals surface area contributed by atoms with Crippen LogP contribution in [-0.4, -0.2) is 45.0 Å². The Morgan fingerprint density at radius 2 is 1.90 bits per heavy atom. The van der Waals surface area contributed by atoms with Gasteiger partial charge < -0.3 is 15.1 Å². The van der Waals surface area contributed by atoms with Gasteiger partial charge in [-0.25, -0.2) is 0 Å². The van der Waals surface area contributed by atoms with Crippen molar-refractivity contribution in [1.82, 2.24) is 5.32 Å². The Balaban J connectivity index is 2.59. The highest BCUT2D eigenvalue weighted by molar-refractivity contribution is 5.95. The number of para-hydroxylation sites is 1. The zero-order chi connectivity index (χ0) is 15.8. The van der Waals surface area contributed by atoms with Crippen molar-refractivity contribution >= 4 is 17.5 Å². The van der Waals surface area contributed by atoms with Crippen molar-refractivity contribution in [3.05, 3.63) is 30.3 Å². The molecule has 2 N–H and O–H groups in total. The molecule has 2 atom stereocenters. The van der Waals surface area contributed by atoms with Crippen LogP contribution in [0.1, 0.15) is 20.3 Å². The molecule has 1 unspecified atom stereocenters. The molecule has 5 heteroatoms. The smallest absolute Gasteiger partial charge is 0.284 e. The third kappa shape index (κ3) is 5.19. The van der Waals surface area contributed by atoms with Gasteiger partial charge in [-0.05, 0) is 25.5 Å². The van der Waals surface area contributed by atoms with Gasteiger partial charge in [0.25, 0.3) is 11.8 Å². The molecule has 0 aliphatic rings. The van der Waals surface area contributed by atoms with Crippen LogP contribution < -0.4 is 15.1 Å². The van der Waals surface area contributed by atoms with E-state index in [1.165, 1.54) is 0 Å². The average molecular weight is 292 g/mol. The highest BCUT2D eigenvalue weighted by Gasteiger charge is 2.27. The predicted molar refractivity (Wildman–Crippen MR) is 84.4 cm³/mol. The van der Waals surface area contributed by atoms with Crippen molar-refractivity contribution in [3.8, 4) is 0 Å². The number of nitrogens with zero attached hydrogens (tertiary/aromatic N) is 1. The summed E-state index contributed by atoms with van der Waals surface area (Å²) in [4.78, 5) is 26.7. The lowest BCUT2D eigenvalue weighted by molar-refractivity contribution is -0.885. The summed E-state index contributed by atoms with van der Waals surface area (Å²) in [6.45, 7) is 4.84. The number of likely N-dealkylation sites (N-methyl/N-ethyl adjacent to an activating group) is 2. The first-order valence-electron chi connectivity index (χ1n) is 7.39. The number of quaternary nitrogens is 1.